The van der Waals surface area contributed by atoms with Crippen molar-refractivity contribution in [2.75, 3.05) is 11.4 Å². The van der Waals surface area contributed by atoms with E-state index in [1.54, 1.807) is 0 Å². The van der Waals surface area contributed by atoms with Crippen LogP contribution in [0.15, 0.2) is 16.7 Å². The molecule has 1 saturated heterocycles. The van der Waals surface area contributed by atoms with E-state index in [0.29, 0.717) is 12.6 Å². The molecule has 18 heavy (non-hydrogen) atoms. The van der Waals surface area contributed by atoms with Gasteiger partial charge in [-0.1, -0.05) is 13.3 Å². The van der Waals surface area contributed by atoms with Crippen molar-refractivity contribution < 1.29 is 0 Å². The molecule has 0 bridgehead atoms. The first kappa shape index (κ1) is 13.8. The standard InChI is InChI=1S/C14H22BrN3/c1-2-5-13-6-3-4-7-18(13)14-11(9-16)8-12(15)10-17-14/h8,10,13H,2-7,9,16H2,1H3. The Morgan fingerprint density at radius 3 is 3.06 bits per heavy atom. The highest BCUT2D eigenvalue weighted by molar-refractivity contribution is 9.10. The van der Waals surface area contributed by atoms with Gasteiger partial charge in [0.1, 0.15) is 5.82 Å². The second-order valence-electron chi connectivity index (χ2n) is 4.97. The van der Waals surface area contributed by atoms with Crippen molar-refractivity contribution in [3.05, 3.63) is 22.3 Å². The Balaban J connectivity index is 2.27. The van der Waals surface area contributed by atoms with Gasteiger partial charge in [-0.3, -0.25) is 0 Å². The molecule has 1 aromatic rings. The molecule has 1 unspecified atom stereocenters. The van der Waals surface area contributed by atoms with Gasteiger partial charge in [-0.2, -0.15) is 0 Å². The highest BCUT2D eigenvalue weighted by Crippen LogP contribution is 2.29. The molecular weight excluding hydrogens is 290 g/mol. The van der Waals surface area contributed by atoms with Gasteiger partial charge in [0, 0.05) is 35.4 Å². The van der Waals surface area contributed by atoms with E-state index in [1.165, 1.54) is 32.1 Å². The average molecular weight is 312 g/mol. The van der Waals surface area contributed by atoms with Gasteiger partial charge in [0.25, 0.3) is 0 Å². The number of piperidine rings is 1. The maximum Gasteiger partial charge on any atom is 0.133 e. The first-order valence-electron chi connectivity index (χ1n) is 6.87. The summed E-state index contributed by atoms with van der Waals surface area (Å²) in [4.78, 5) is 7.08. The molecule has 0 aliphatic carbocycles. The summed E-state index contributed by atoms with van der Waals surface area (Å²) in [5, 5.41) is 0. The lowest BCUT2D eigenvalue weighted by Gasteiger charge is -2.37. The van der Waals surface area contributed by atoms with Crippen LogP contribution in [0.1, 0.15) is 44.6 Å². The summed E-state index contributed by atoms with van der Waals surface area (Å²) >= 11 is 3.47. The number of hydrogen-bond acceptors (Lipinski definition) is 3. The zero-order valence-corrected chi connectivity index (χ0v) is 12.6. The number of hydrogen-bond donors (Lipinski definition) is 1. The van der Waals surface area contributed by atoms with E-state index in [0.717, 1.165) is 22.4 Å². The summed E-state index contributed by atoms with van der Waals surface area (Å²) in [7, 11) is 0. The Morgan fingerprint density at radius 1 is 1.50 bits per heavy atom. The van der Waals surface area contributed by atoms with Crippen LogP contribution >= 0.6 is 15.9 Å². The van der Waals surface area contributed by atoms with E-state index in [4.69, 9.17) is 5.73 Å². The van der Waals surface area contributed by atoms with Crippen molar-refractivity contribution in [1.82, 2.24) is 4.98 Å². The number of nitrogens with two attached hydrogens (primary N) is 1. The lowest BCUT2D eigenvalue weighted by atomic mass is 9.97. The van der Waals surface area contributed by atoms with E-state index in [9.17, 15) is 0 Å². The van der Waals surface area contributed by atoms with E-state index in [-0.39, 0.29) is 0 Å². The topological polar surface area (TPSA) is 42.2 Å². The zero-order valence-electron chi connectivity index (χ0n) is 11.0. The molecule has 0 aromatic carbocycles. The van der Waals surface area contributed by atoms with Crippen LogP contribution in [-0.2, 0) is 6.54 Å². The minimum absolute atomic E-state index is 0.553. The van der Waals surface area contributed by atoms with Crippen LogP contribution in [0, 0.1) is 0 Å². The minimum atomic E-state index is 0.553. The number of pyridine rings is 1. The quantitative estimate of drug-likeness (QED) is 0.926. The molecule has 1 aliphatic rings. The van der Waals surface area contributed by atoms with Gasteiger partial charge in [-0.15, -0.1) is 0 Å². The van der Waals surface area contributed by atoms with E-state index < -0.39 is 0 Å². The van der Waals surface area contributed by atoms with Gasteiger partial charge in [-0.05, 0) is 47.7 Å². The molecule has 2 N–H and O–H groups in total. The fourth-order valence-corrected chi connectivity index (χ4v) is 3.17. The number of anilines is 1. The van der Waals surface area contributed by atoms with Crippen LogP contribution < -0.4 is 10.6 Å². The first-order chi connectivity index (χ1) is 8.76. The summed E-state index contributed by atoms with van der Waals surface area (Å²) in [5.74, 6) is 1.10. The molecule has 1 fully saturated rings. The molecule has 0 saturated carbocycles. The maximum atomic E-state index is 5.86. The highest BCUT2D eigenvalue weighted by atomic mass is 79.9. The molecular formula is C14H22BrN3. The minimum Gasteiger partial charge on any atom is -0.353 e. The Hall–Kier alpha value is -0.610. The predicted molar refractivity (Wildman–Crippen MR) is 79.7 cm³/mol. The third-order valence-corrected chi connectivity index (χ3v) is 4.08. The summed E-state index contributed by atoms with van der Waals surface area (Å²) in [6.07, 6.45) is 8.26. The molecule has 0 radical (unpaired) electrons. The van der Waals surface area contributed by atoms with Gasteiger partial charge in [0.15, 0.2) is 0 Å². The number of halogens is 1. The SMILES string of the molecule is CCCC1CCCCN1c1ncc(Br)cc1CN. The van der Waals surface area contributed by atoms with Gasteiger partial charge in [-0.25, -0.2) is 4.98 Å². The van der Waals surface area contributed by atoms with Crippen molar-refractivity contribution in [2.24, 2.45) is 5.73 Å². The Morgan fingerprint density at radius 2 is 2.33 bits per heavy atom. The number of nitrogens with zero attached hydrogens (tertiary/aromatic N) is 2. The van der Waals surface area contributed by atoms with Gasteiger partial charge >= 0.3 is 0 Å². The highest BCUT2D eigenvalue weighted by Gasteiger charge is 2.24. The second-order valence-corrected chi connectivity index (χ2v) is 5.89. The molecule has 0 amide bonds. The fraction of sp³-hybridized carbons (Fsp3) is 0.643. The lowest BCUT2D eigenvalue weighted by Crippen LogP contribution is -2.40. The first-order valence-corrected chi connectivity index (χ1v) is 7.66. The van der Waals surface area contributed by atoms with Crippen molar-refractivity contribution in [3.63, 3.8) is 0 Å². The maximum absolute atomic E-state index is 5.86. The molecule has 2 rings (SSSR count). The van der Waals surface area contributed by atoms with Gasteiger partial charge < -0.3 is 10.6 Å². The van der Waals surface area contributed by atoms with E-state index in [1.807, 2.05) is 6.20 Å². The smallest absolute Gasteiger partial charge is 0.133 e. The molecule has 1 aromatic heterocycles. The molecule has 1 aliphatic heterocycles. The normalized spacial score (nSPS) is 20.2. The third kappa shape index (κ3) is 3.04. The number of rotatable bonds is 4. The fourth-order valence-electron chi connectivity index (χ4n) is 2.80. The Kier molecular flexibility index (Phi) is 5.01. The van der Waals surface area contributed by atoms with Crippen molar-refractivity contribution in [1.29, 1.82) is 0 Å². The monoisotopic (exact) mass is 311 g/mol. The predicted octanol–water partition coefficient (Wildman–Crippen LogP) is 3.46. The Bertz CT molecular complexity index is 393. The summed E-state index contributed by atoms with van der Waals surface area (Å²) in [6.45, 7) is 3.93. The summed E-state index contributed by atoms with van der Waals surface area (Å²) in [5.41, 5.74) is 7.00. The molecule has 3 nitrogen and oxygen atoms in total. The third-order valence-electron chi connectivity index (χ3n) is 3.65. The lowest BCUT2D eigenvalue weighted by molar-refractivity contribution is 0.431. The molecule has 0 spiro atoms. The largest absolute Gasteiger partial charge is 0.353 e. The second kappa shape index (κ2) is 6.53. The van der Waals surface area contributed by atoms with Crippen LogP contribution in [0.2, 0.25) is 0 Å². The summed E-state index contributed by atoms with van der Waals surface area (Å²) in [6, 6.07) is 2.74. The van der Waals surface area contributed by atoms with Gasteiger partial charge in [0.05, 0.1) is 0 Å². The molecule has 1 atom stereocenters. The van der Waals surface area contributed by atoms with Crippen LogP contribution in [0.5, 0.6) is 0 Å². The molecule has 4 heteroatoms. The Labute approximate surface area is 118 Å². The molecule has 2 heterocycles. The molecule has 100 valence electrons. The number of aromatic nitrogens is 1. The van der Waals surface area contributed by atoms with E-state index in [2.05, 4.69) is 38.8 Å². The van der Waals surface area contributed by atoms with Crippen LogP contribution in [0.25, 0.3) is 0 Å². The van der Waals surface area contributed by atoms with Crippen LogP contribution in [0.3, 0.4) is 0 Å². The summed E-state index contributed by atoms with van der Waals surface area (Å²) < 4.78 is 1.01. The van der Waals surface area contributed by atoms with Crippen LogP contribution in [-0.4, -0.2) is 17.6 Å². The van der Waals surface area contributed by atoms with Crippen molar-refractivity contribution >= 4 is 21.7 Å². The van der Waals surface area contributed by atoms with Crippen molar-refractivity contribution in [3.8, 4) is 0 Å². The van der Waals surface area contributed by atoms with Crippen molar-refractivity contribution in [2.45, 2.75) is 51.6 Å². The van der Waals surface area contributed by atoms with Crippen LogP contribution in [0.4, 0.5) is 5.82 Å². The van der Waals surface area contributed by atoms with E-state index >= 15 is 0 Å². The van der Waals surface area contributed by atoms with Gasteiger partial charge in [0.2, 0.25) is 0 Å². The zero-order chi connectivity index (χ0) is 13.0. The average Bonchev–Trinajstić information content (AvgIpc) is 2.40.